The van der Waals surface area contributed by atoms with Crippen molar-refractivity contribution in [3.05, 3.63) is 29.8 Å². The highest BCUT2D eigenvalue weighted by atomic mass is 16.2. The summed E-state index contributed by atoms with van der Waals surface area (Å²) in [5.74, 6) is -1.85. The van der Waals surface area contributed by atoms with Crippen LogP contribution in [0.2, 0.25) is 0 Å². The van der Waals surface area contributed by atoms with Gasteiger partial charge in [0.15, 0.2) is 0 Å². The predicted molar refractivity (Wildman–Crippen MR) is 80.7 cm³/mol. The second kappa shape index (κ2) is 6.39. The molecule has 3 N–H and O–H groups in total. The van der Waals surface area contributed by atoms with E-state index in [4.69, 9.17) is 5.73 Å². The zero-order chi connectivity index (χ0) is 16.2. The van der Waals surface area contributed by atoms with Crippen LogP contribution in [0.15, 0.2) is 24.3 Å². The lowest BCUT2D eigenvalue weighted by Crippen LogP contribution is -2.49. The Balaban J connectivity index is 2.81. The Labute approximate surface area is 124 Å². The van der Waals surface area contributed by atoms with E-state index in [2.05, 4.69) is 5.32 Å². The first-order chi connectivity index (χ1) is 9.66. The number of benzene rings is 1. The number of hydrogen-bond donors (Lipinski definition) is 2. The van der Waals surface area contributed by atoms with Crippen LogP contribution in [-0.2, 0) is 9.59 Å². The van der Waals surface area contributed by atoms with Gasteiger partial charge in [-0.2, -0.15) is 0 Å². The number of nitrogens with two attached hydrogens (primary N) is 1. The number of amides is 3. The lowest BCUT2D eigenvalue weighted by Gasteiger charge is -2.34. The molecule has 6 nitrogen and oxygen atoms in total. The molecule has 0 saturated carbocycles. The number of primary amides is 1. The first-order valence-electron chi connectivity index (χ1n) is 6.69. The Morgan fingerprint density at radius 2 is 1.67 bits per heavy atom. The number of rotatable bonds is 3. The number of nitrogens with one attached hydrogen (secondary N) is 1. The molecule has 1 rings (SSSR count). The summed E-state index contributed by atoms with van der Waals surface area (Å²) < 4.78 is 0. The number of anilines is 1. The van der Waals surface area contributed by atoms with Crippen LogP contribution in [0.4, 0.5) is 5.69 Å². The summed E-state index contributed by atoms with van der Waals surface area (Å²) in [6, 6.07) is 6.03. The van der Waals surface area contributed by atoms with Crippen molar-refractivity contribution in [1.29, 1.82) is 0 Å². The van der Waals surface area contributed by atoms with Gasteiger partial charge in [-0.15, -0.1) is 0 Å². The molecule has 114 valence electrons. The molecule has 1 aromatic carbocycles. The maximum absolute atomic E-state index is 12.1. The number of carbonyl (C=O) groups is 3. The Kier molecular flexibility index (Phi) is 5.07. The van der Waals surface area contributed by atoms with Crippen LogP contribution in [-0.4, -0.2) is 34.7 Å². The van der Waals surface area contributed by atoms with Crippen molar-refractivity contribution in [1.82, 2.24) is 4.90 Å². The molecule has 0 atom stereocenters. The maximum atomic E-state index is 12.1. The Bertz CT molecular complexity index is 544. The van der Waals surface area contributed by atoms with Gasteiger partial charge in [-0.05, 0) is 52.0 Å². The topological polar surface area (TPSA) is 92.5 Å². The van der Waals surface area contributed by atoms with E-state index in [1.807, 2.05) is 27.7 Å². The van der Waals surface area contributed by atoms with E-state index in [-0.39, 0.29) is 0 Å². The van der Waals surface area contributed by atoms with E-state index in [1.54, 1.807) is 0 Å². The summed E-state index contributed by atoms with van der Waals surface area (Å²) in [4.78, 5) is 36.6. The second-order valence-corrected chi connectivity index (χ2v) is 5.62. The Hall–Kier alpha value is -2.37. The van der Waals surface area contributed by atoms with Crippen molar-refractivity contribution in [2.45, 2.75) is 33.2 Å². The fourth-order valence-electron chi connectivity index (χ4n) is 1.95. The third kappa shape index (κ3) is 4.30. The standard InChI is InChI=1S/C15H21N3O3/c1-5-18(15(2,3)4)14(21)13(20)17-11-8-6-10(7-9-11)12(16)19/h6-9H,5H2,1-4H3,(H2,16,19)(H,17,20). The van der Waals surface area contributed by atoms with Gasteiger partial charge in [0, 0.05) is 23.3 Å². The van der Waals surface area contributed by atoms with E-state index >= 15 is 0 Å². The molecule has 0 fully saturated rings. The van der Waals surface area contributed by atoms with Gasteiger partial charge in [0.2, 0.25) is 5.91 Å². The van der Waals surface area contributed by atoms with Gasteiger partial charge in [0.1, 0.15) is 0 Å². The molecule has 21 heavy (non-hydrogen) atoms. The minimum absolute atomic E-state index is 0.337. The molecule has 0 aliphatic rings. The summed E-state index contributed by atoms with van der Waals surface area (Å²) >= 11 is 0. The summed E-state index contributed by atoms with van der Waals surface area (Å²) in [5.41, 5.74) is 5.47. The zero-order valence-electron chi connectivity index (χ0n) is 12.8. The number of hydrogen-bond acceptors (Lipinski definition) is 3. The van der Waals surface area contributed by atoms with Crippen LogP contribution in [0.25, 0.3) is 0 Å². The summed E-state index contributed by atoms with van der Waals surface area (Å²) in [5, 5.41) is 2.51. The van der Waals surface area contributed by atoms with E-state index in [1.165, 1.54) is 29.2 Å². The monoisotopic (exact) mass is 291 g/mol. The molecule has 0 saturated heterocycles. The fourth-order valence-corrected chi connectivity index (χ4v) is 1.95. The lowest BCUT2D eigenvalue weighted by atomic mass is 10.1. The molecule has 0 aromatic heterocycles. The van der Waals surface area contributed by atoms with Gasteiger partial charge in [0.05, 0.1) is 0 Å². The van der Waals surface area contributed by atoms with Gasteiger partial charge in [-0.3, -0.25) is 14.4 Å². The van der Waals surface area contributed by atoms with Crippen molar-refractivity contribution in [3.8, 4) is 0 Å². The molecule has 1 aromatic rings. The third-order valence-electron chi connectivity index (χ3n) is 2.99. The summed E-state index contributed by atoms with van der Waals surface area (Å²) in [6.07, 6.45) is 0. The van der Waals surface area contributed by atoms with Crippen LogP contribution in [0, 0.1) is 0 Å². The molecule has 0 heterocycles. The van der Waals surface area contributed by atoms with Gasteiger partial charge < -0.3 is 16.0 Å². The molecule has 0 aliphatic carbocycles. The summed E-state index contributed by atoms with van der Waals surface area (Å²) in [6.45, 7) is 7.85. The largest absolute Gasteiger partial charge is 0.366 e. The molecule has 6 heteroatoms. The number of nitrogens with zero attached hydrogens (tertiary/aromatic N) is 1. The normalized spacial score (nSPS) is 10.9. The molecule has 0 unspecified atom stereocenters. The van der Waals surface area contributed by atoms with Crippen LogP contribution < -0.4 is 11.1 Å². The van der Waals surface area contributed by atoms with Crippen molar-refractivity contribution >= 4 is 23.4 Å². The molecular formula is C15H21N3O3. The molecule has 3 amide bonds. The van der Waals surface area contributed by atoms with Crippen LogP contribution >= 0.6 is 0 Å². The van der Waals surface area contributed by atoms with Crippen molar-refractivity contribution in [3.63, 3.8) is 0 Å². The molecular weight excluding hydrogens is 270 g/mol. The van der Waals surface area contributed by atoms with Crippen molar-refractivity contribution in [2.24, 2.45) is 5.73 Å². The predicted octanol–water partition coefficient (Wildman–Crippen LogP) is 1.37. The molecule has 0 aliphatic heterocycles. The first kappa shape index (κ1) is 16.7. The fraction of sp³-hybridized carbons (Fsp3) is 0.400. The van der Waals surface area contributed by atoms with Gasteiger partial charge in [0.25, 0.3) is 0 Å². The molecule has 0 bridgehead atoms. The smallest absolute Gasteiger partial charge is 0.313 e. The van der Waals surface area contributed by atoms with Gasteiger partial charge >= 0.3 is 11.8 Å². The molecule has 0 spiro atoms. The third-order valence-corrected chi connectivity index (χ3v) is 2.99. The second-order valence-electron chi connectivity index (χ2n) is 5.62. The van der Waals surface area contributed by atoms with Gasteiger partial charge in [-0.25, -0.2) is 0 Å². The highest BCUT2D eigenvalue weighted by Gasteiger charge is 2.29. The van der Waals surface area contributed by atoms with Crippen LogP contribution in [0.1, 0.15) is 38.1 Å². The van der Waals surface area contributed by atoms with E-state index in [0.717, 1.165) is 0 Å². The Morgan fingerprint density at radius 1 is 1.14 bits per heavy atom. The minimum Gasteiger partial charge on any atom is -0.366 e. The first-order valence-corrected chi connectivity index (χ1v) is 6.69. The maximum Gasteiger partial charge on any atom is 0.313 e. The number of likely N-dealkylation sites (N-methyl/N-ethyl adjacent to an activating group) is 1. The van der Waals surface area contributed by atoms with Gasteiger partial charge in [-0.1, -0.05) is 0 Å². The highest BCUT2D eigenvalue weighted by molar-refractivity contribution is 6.39. The summed E-state index contributed by atoms with van der Waals surface area (Å²) in [7, 11) is 0. The van der Waals surface area contributed by atoms with Crippen LogP contribution in [0.5, 0.6) is 0 Å². The van der Waals surface area contributed by atoms with E-state index in [9.17, 15) is 14.4 Å². The quantitative estimate of drug-likeness (QED) is 0.824. The van der Waals surface area contributed by atoms with Crippen molar-refractivity contribution in [2.75, 3.05) is 11.9 Å². The van der Waals surface area contributed by atoms with E-state index in [0.29, 0.717) is 17.8 Å². The number of carbonyl (C=O) groups excluding carboxylic acids is 3. The van der Waals surface area contributed by atoms with E-state index < -0.39 is 23.3 Å². The average molecular weight is 291 g/mol. The Morgan fingerprint density at radius 3 is 2.05 bits per heavy atom. The average Bonchev–Trinajstić information content (AvgIpc) is 2.38. The minimum atomic E-state index is -0.710. The highest BCUT2D eigenvalue weighted by Crippen LogP contribution is 2.14. The lowest BCUT2D eigenvalue weighted by molar-refractivity contribution is -0.146. The zero-order valence-corrected chi connectivity index (χ0v) is 12.8. The van der Waals surface area contributed by atoms with Crippen LogP contribution in [0.3, 0.4) is 0 Å². The molecule has 0 radical (unpaired) electrons. The SMILES string of the molecule is CCN(C(=O)C(=O)Nc1ccc(C(N)=O)cc1)C(C)(C)C. The van der Waals surface area contributed by atoms with Crippen molar-refractivity contribution < 1.29 is 14.4 Å².